The molecule has 0 spiro atoms. The molecular weight excluding hydrogens is 300 g/mol. The highest BCUT2D eigenvalue weighted by Gasteiger charge is 2.34. The van der Waals surface area contributed by atoms with Crippen molar-refractivity contribution in [3.63, 3.8) is 0 Å². The topological polar surface area (TPSA) is 55.1 Å². The molecule has 0 bridgehead atoms. The van der Waals surface area contributed by atoms with Crippen molar-refractivity contribution in [1.29, 1.82) is 0 Å². The van der Waals surface area contributed by atoms with Crippen molar-refractivity contribution >= 4 is 11.6 Å². The van der Waals surface area contributed by atoms with Crippen molar-refractivity contribution in [3.05, 3.63) is 46.3 Å². The van der Waals surface area contributed by atoms with Crippen LogP contribution < -0.4 is 5.32 Å². The van der Waals surface area contributed by atoms with Gasteiger partial charge in [0.25, 0.3) is 5.91 Å². The van der Waals surface area contributed by atoms with Crippen LogP contribution in [-0.4, -0.2) is 11.1 Å². The molecule has 4 nitrogen and oxygen atoms in total. The second-order valence-electron chi connectivity index (χ2n) is 7.99. The zero-order valence-electron chi connectivity index (χ0n) is 15.2. The lowest BCUT2D eigenvalue weighted by Crippen LogP contribution is -2.27. The van der Waals surface area contributed by atoms with Gasteiger partial charge in [0.1, 0.15) is 5.76 Å². The Morgan fingerprint density at radius 3 is 2.67 bits per heavy atom. The van der Waals surface area contributed by atoms with Crippen LogP contribution >= 0.6 is 0 Å². The maximum absolute atomic E-state index is 12.7. The van der Waals surface area contributed by atoms with E-state index in [1.165, 1.54) is 5.56 Å². The zero-order chi connectivity index (χ0) is 17.5. The van der Waals surface area contributed by atoms with Crippen LogP contribution in [0.15, 0.2) is 22.7 Å². The molecule has 1 amide bonds. The van der Waals surface area contributed by atoms with Gasteiger partial charge in [-0.1, -0.05) is 32.0 Å². The van der Waals surface area contributed by atoms with Crippen LogP contribution in [0.25, 0.3) is 0 Å². The molecule has 3 rings (SSSR count). The molecule has 1 aromatic heterocycles. The van der Waals surface area contributed by atoms with E-state index in [1.807, 2.05) is 25.1 Å². The summed E-state index contributed by atoms with van der Waals surface area (Å²) >= 11 is 0. The van der Waals surface area contributed by atoms with Crippen molar-refractivity contribution in [1.82, 2.24) is 5.16 Å². The number of hydrogen-bond donors (Lipinski definition) is 1. The van der Waals surface area contributed by atoms with Gasteiger partial charge in [0.15, 0.2) is 5.69 Å². The van der Waals surface area contributed by atoms with E-state index in [4.69, 9.17) is 4.52 Å². The van der Waals surface area contributed by atoms with E-state index >= 15 is 0 Å². The van der Waals surface area contributed by atoms with Gasteiger partial charge in [-0.2, -0.15) is 0 Å². The lowest BCUT2D eigenvalue weighted by Gasteiger charge is -2.33. The first-order valence-electron chi connectivity index (χ1n) is 8.61. The fourth-order valence-electron chi connectivity index (χ4n) is 3.33. The number of nitrogens with zero attached hydrogens (tertiary/aromatic N) is 1. The molecular formula is C20H26N2O2. The summed E-state index contributed by atoms with van der Waals surface area (Å²) < 4.78 is 5.44. The Hall–Kier alpha value is -2.10. The monoisotopic (exact) mass is 326 g/mol. The van der Waals surface area contributed by atoms with Crippen molar-refractivity contribution in [3.8, 4) is 0 Å². The lowest BCUT2D eigenvalue weighted by atomic mass is 9.71. The fraction of sp³-hybridized carbons (Fsp3) is 0.500. The van der Waals surface area contributed by atoms with E-state index in [0.717, 1.165) is 41.8 Å². The highest BCUT2D eigenvalue weighted by molar-refractivity contribution is 6.04. The molecule has 128 valence electrons. The van der Waals surface area contributed by atoms with Gasteiger partial charge < -0.3 is 9.84 Å². The van der Waals surface area contributed by atoms with Gasteiger partial charge >= 0.3 is 0 Å². The molecule has 0 unspecified atom stereocenters. The van der Waals surface area contributed by atoms with Gasteiger partial charge in [-0.3, -0.25) is 4.79 Å². The zero-order valence-corrected chi connectivity index (χ0v) is 15.2. The fourth-order valence-corrected chi connectivity index (χ4v) is 3.33. The van der Waals surface area contributed by atoms with E-state index in [-0.39, 0.29) is 11.3 Å². The molecule has 2 aromatic rings. The maximum atomic E-state index is 12.7. The van der Waals surface area contributed by atoms with Crippen LogP contribution in [0.4, 0.5) is 5.69 Å². The Kier molecular flexibility index (Phi) is 4.24. The summed E-state index contributed by atoms with van der Waals surface area (Å²) in [4.78, 5) is 12.7. The third-order valence-electron chi connectivity index (χ3n) is 5.24. The third-order valence-corrected chi connectivity index (χ3v) is 5.24. The first-order chi connectivity index (χ1) is 11.3. The van der Waals surface area contributed by atoms with Crippen LogP contribution in [-0.2, 0) is 12.8 Å². The number of rotatable bonds is 2. The number of nitrogens with one attached hydrogen (secondary N) is 1. The Labute approximate surface area is 143 Å². The van der Waals surface area contributed by atoms with Crippen LogP contribution in [0, 0.1) is 25.2 Å². The molecule has 1 aliphatic carbocycles. The minimum atomic E-state index is -0.183. The van der Waals surface area contributed by atoms with Crippen LogP contribution in [0.1, 0.15) is 60.1 Å². The van der Waals surface area contributed by atoms with Gasteiger partial charge in [0.2, 0.25) is 0 Å². The molecule has 1 atom stereocenters. The molecule has 0 aliphatic heterocycles. The summed E-state index contributed by atoms with van der Waals surface area (Å²) in [6.07, 6.45) is 2.81. The van der Waals surface area contributed by atoms with E-state index in [0.29, 0.717) is 11.6 Å². The van der Waals surface area contributed by atoms with Gasteiger partial charge in [-0.25, -0.2) is 0 Å². The molecule has 1 aliphatic rings. The number of aromatic nitrogens is 1. The quantitative estimate of drug-likeness (QED) is 0.870. The SMILES string of the molecule is Cc1ccc(NC(=O)c2noc3c2C[C@H](C(C)(C)C)CC3)cc1C. The number of aryl methyl sites for hydroxylation is 3. The molecule has 0 saturated carbocycles. The summed E-state index contributed by atoms with van der Waals surface area (Å²) in [6.45, 7) is 10.9. The molecule has 0 radical (unpaired) electrons. The Bertz CT molecular complexity index is 768. The number of anilines is 1. The molecule has 24 heavy (non-hydrogen) atoms. The van der Waals surface area contributed by atoms with Gasteiger partial charge in [-0.05, 0) is 61.3 Å². The maximum Gasteiger partial charge on any atom is 0.278 e. The minimum Gasteiger partial charge on any atom is -0.360 e. The van der Waals surface area contributed by atoms with Crippen LogP contribution in [0.2, 0.25) is 0 Å². The number of benzene rings is 1. The summed E-state index contributed by atoms with van der Waals surface area (Å²) in [5.41, 5.74) is 4.81. The number of hydrogen-bond acceptors (Lipinski definition) is 3. The van der Waals surface area contributed by atoms with E-state index in [1.54, 1.807) is 0 Å². The normalized spacial score (nSPS) is 17.5. The van der Waals surface area contributed by atoms with Gasteiger partial charge in [0.05, 0.1) is 0 Å². The molecule has 0 saturated heterocycles. The first-order valence-corrected chi connectivity index (χ1v) is 8.61. The number of amides is 1. The number of fused-ring (bicyclic) bond motifs is 1. The van der Waals surface area contributed by atoms with E-state index in [9.17, 15) is 4.79 Å². The average Bonchev–Trinajstić information content (AvgIpc) is 2.93. The Morgan fingerprint density at radius 1 is 1.25 bits per heavy atom. The van der Waals surface area contributed by atoms with Crippen molar-refractivity contribution in [2.45, 2.75) is 53.9 Å². The molecule has 4 heteroatoms. The van der Waals surface area contributed by atoms with E-state index < -0.39 is 0 Å². The van der Waals surface area contributed by atoms with Gasteiger partial charge in [0, 0.05) is 17.7 Å². The number of carbonyl (C=O) groups excluding carboxylic acids is 1. The second kappa shape index (κ2) is 6.08. The first kappa shape index (κ1) is 16.7. The third kappa shape index (κ3) is 3.23. The highest BCUT2D eigenvalue weighted by Crippen LogP contribution is 2.38. The average molecular weight is 326 g/mol. The minimum absolute atomic E-state index is 0.183. The van der Waals surface area contributed by atoms with Crippen molar-refractivity contribution < 1.29 is 9.32 Å². The van der Waals surface area contributed by atoms with Gasteiger partial charge in [-0.15, -0.1) is 0 Å². The summed E-state index contributed by atoms with van der Waals surface area (Å²) in [5, 5.41) is 7.02. The Morgan fingerprint density at radius 2 is 2.00 bits per heavy atom. The largest absolute Gasteiger partial charge is 0.360 e. The van der Waals surface area contributed by atoms with Crippen molar-refractivity contribution in [2.75, 3.05) is 5.32 Å². The van der Waals surface area contributed by atoms with Crippen LogP contribution in [0.5, 0.6) is 0 Å². The van der Waals surface area contributed by atoms with E-state index in [2.05, 4.69) is 38.2 Å². The molecule has 1 N–H and O–H groups in total. The summed E-state index contributed by atoms with van der Waals surface area (Å²) in [7, 11) is 0. The predicted molar refractivity (Wildman–Crippen MR) is 95.3 cm³/mol. The highest BCUT2D eigenvalue weighted by atomic mass is 16.5. The molecule has 1 heterocycles. The number of carbonyl (C=O) groups is 1. The molecule has 1 aromatic carbocycles. The summed E-state index contributed by atoms with van der Waals surface area (Å²) in [5.74, 6) is 1.23. The predicted octanol–water partition coefficient (Wildman–Crippen LogP) is 4.69. The van der Waals surface area contributed by atoms with Crippen LogP contribution in [0.3, 0.4) is 0 Å². The smallest absolute Gasteiger partial charge is 0.278 e. The second-order valence-corrected chi connectivity index (χ2v) is 7.99. The lowest BCUT2D eigenvalue weighted by molar-refractivity contribution is 0.101. The van der Waals surface area contributed by atoms with Crippen molar-refractivity contribution in [2.24, 2.45) is 11.3 Å². The Balaban J connectivity index is 1.82. The standard InChI is InChI=1S/C20H26N2O2/c1-12-6-8-15(10-13(12)2)21-19(23)18-16-11-14(20(3,4)5)7-9-17(16)24-22-18/h6,8,10,14H,7,9,11H2,1-5H3,(H,21,23)/t14-/m1/s1. The molecule has 0 fully saturated rings. The summed E-state index contributed by atoms with van der Waals surface area (Å²) in [6, 6.07) is 5.92.